The largest absolute Gasteiger partial charge is 0.344 e. The summed E-state index contributed by atoms with van der Waals surface area (Å²) in [5.41, 5.74) is 1.94. The topological polar surface area (TPSA) is 76.3 Å². The van der Waals surface area contributed by atoms with E-state index in [2.05, 4.69) is 21.2 Å². The Morgan fingerprint density at radius 2 is 1.84 bits per heavy atom. The lowest BCUT2D eigenvalue weighted by molar-refractivity contribution is 0.0706. The Morgan fingerprint density at radius 1 is 1.12 bits per heavy atom. The number of rotatable bonds is 4. The fraction of sp³-hybridized carbons (Fsp3) is 0.261. The Kier molecular flexibility index (Phi) is 6.26. The summed E-state index contributed by atoms with van der Waals surface area (Å²) in [6.45, 7) is 2.73. The van der Waals surface area contributed by atoms with Gasteiger partial charge < -0.3 is 10.2 Å². The molecular formula is C23H22BrClN4O3. The number of carbonyl (C=O) groups is 2. The number of halogens is 2. The molecule has 1 N–H and O–H groups in total. The Bertz CT molecular complexity index is 1250. The quantitative estimate of drug-likeness (QED) is 0.573. The van der Waals surface area contributed by atoms with E-state index in [4.69, 9.17) is 11.6 Å². The van der Waals surface area contributed by atoms with Gasteiger partial charge in [-0.1, -0.05) is 41.9 Å². The summed E-state index contributed by atoms with van der Waals surface area (Å²) >= 11 is 9.47. The average molecular weight is 518 g/mol. The summed E-state index contributed by atoms with van der Waals surface area (Å²) in [6, 6.07) is 14.4. The van der Waals surface area contributed by atoms with Gasteiger partial charge in [-0.3, -0.25) is 18.7 Å². The molecule has 4 rings (SSSR count). The average Bonchev–Trinajstić information content (AvgIpc) is 3.05. The molecule has 1 atom stereocenters. The smallest absolute Gasteiger partial charge is 0.328 e. The van der Waals surface area contributed by atoms with Crippen molar-refractivity contribution >= 4 is 39.3 Å². The van der Waals surface area contributed by atoms with Crippen molar-refractivity contribution in [1.82, 2.24) is 19.4 Å². The van der Waals surface area contributed by atoms with E-state index in [0.29, 0.717) is 33.8 Å². The summed E-state index contributed by atoms with van der Waals surface area (Å²) in [4.78, 5) is 40.6. The normalized spacial score (nSPS) is 14.1. The highest BCUT2D eigenvalue weighted by atomic mass is 79.9. The van der Waals surface area contributed by atoms with Crippen LogP contribution in [0.15, 0.2) is 57.8 Å². The predicted molar refractivity (Wildman–Crippen MR) is 126 cm³/mol. The first-order valence-electron chi connectivity index (χ1n) is 10.2. The summed E-state index contributed by atoms with van der Waals surface area (Å²) in [7, 11) is 1.58. The maximum Gasteiger partial charge on any atom is 0.328 e. The molecule has 2 amide bonds. The van der Waals surface area contributed by atoms with E-state index in [1.165, 1.54) is 4.57 Å². The van der Waals surface area contributed by atoms with E-state index in [-0.39, 0.29) is 35.8 Å². The van der Waals surface area contributed by atoms with Gasteiger partial charge in [-0.15, -0.1) is 0 Å². The molecule has 0 saturated carbocycles. The zero-order valence-corrected chi connectivity index (χ0v) is 20.0. The van der Waals surface area contributed by atoms with Crippen molar-refractivity contribution in [1.29, 1.82) is 0 Å². The first-order valence-corrected chi connectivity index (χ1v) is 11.3. The summed E-state index contributed by atoms with van der Waals surface area (Å²) in [5, 5.41) is 3.41. The minimum absolute atomic E-state index is 0.158. The molecule has 1 unspecified atom stereocenters. The lowest BCUT2D eigenvalue weighted by Gasteiger charge is -2.28. The van der Waals surface area contributed by atoms with Crippen molar-refractivity contribution in [3.05, 3.63) is 91.0 Å². The predicted octanol–water partition coefficient (Wildman–Crippen LogP) is 3.75. The highest BCUT2D eigenvalue weighted by Crippen LogP contribution is 2.25. The van der Waals surface area contributed by atoms with E-state index in [0.717, 1.165) is 5.56 Å². The molecule has 1 aliphatic rings. The number of fused-ring (bicyclic) bond motifs is 1. The van der Waals surface area contributed by atoms with Gasteiger partial charge in [0.1, 0.15) is 5.69 Å². The van der Waals surface area contributed by atoms with Crippen molar-refractivity contribution in [3.8, 4) is 0 Å². The third kappa shape index (κ3) is 4.12. The number of amides is 2. The van der Waals surface area contributed by atoms with Gasteiger partial charge in [0.25, 0.3) is 11.8 Å². The van der Waals surface area contributed by atoms with Crippen LogP contribution in [0.3, 0.4) is 0 Å². The number of imidazole rings is 1. The number of benzene rings is 2. The minimum atomic E-state index is -0.351. The van der Waals surface area contributed by atoms with Crippen LogP contribution in [0, 0.1) is 0 Å². The van der Waals surface area contributed by atoms with Crippen molar-refractivity contribution < 1.29 is 9.59 Å². The van der Waals surface area contributed by atoms with E-state index < -0.39 is 0 Å². The second-order valence-corrected chi connectivity index (χ2v) is 9.01. The molecule has 0 saturated heterocycles. The van der Waals surface area contributed by atoms with Gasteiger partial charge in [0.2, 0.25) is 0 Å². The first kappa shape index (κ1) is 22.4. The molecule has 3 aromatic rings. The monoisotopic (exact) mass is 516 g/mol. The van der Waals surface area contributed by atoms with Crippen LogP contribution in [-0.2, 0) is 20.1 Å². The van der Waals surface area contributed by atoms with Crippen LogP contribution >= 0.6 is 27.5 Å². The van der Waals surface area contributed by atoms with Gasteiger partial charge in [-0.25, -0.2) is 4.79 Å². The third-order valence-corrected chi connectivity index (χ3v) is 6.94. The molecule has 2 aromatic carbocycles. The molecule has 0 bridgehead atoms. The molecule has 0 radical (unpaired) electrons. The first-order chi connectivity index (χ1) is 15.3. The standard InChI is InChI=1S/C23H22BrClN4O3/c1-14(15-6-4-3-5-7-15)26-21(30)20-19-13-28(10-11-29(19)23(32)27(20)2)22(31)16-8-9-17(24)18(25)12-16/h3-9,12,14H,10-11,13H2,1-2H3,(H,26,30). The van der Waals surface area contributed by atoms with E-state index in [1.54, 1.807) is 34.7 Å². The van der Waals surface area contributed by atoms with Crippen molar-refractivity contribution in [2.24, 2.45) is 7.05 Å². The summed E-state index contributed by atoms with van der Waals surface area (Å²) < 4.78 is 3.63. The molecule has 1 aromatic heterocycles. The number of aromatic nitrogens is 2. The van der Waals surface area contributed by atoms with Crippen LogP contribution in [0.25, 0.3) is 0 Å². The number of carbonyl (C=O) groups excluding carboxylic acids is 2. The number of hydrogen-bond donors (Lipinski definition) is 1. The Balaban J connectivity index is 1.61. The van der Waals surface area contributed by atoms with Crippen LogP contribution in [0.1, 0.15) is 45.1 Å². The van der Waals surface area contributed by atoms with Gasteiger partial charge >= 0.3 is 5.69 Å². The molecule has 0 fully saturated rings. The third-order valence-electron chi connectivity index (χ3n) is 5.70. The van der Waals surface area contributed by atoms with Gasteiger partial charge in [0.05, 0.1) is 23.3 Å². The maximum atomic E-state index is 13.2. The van der Waals surface area contributed by atoms with Crippen LogP contribution in [0.4, 0.5) is 0 Å². The molecule has 1 aliphatic heterocycles. The lowest BCUT2D eigenvalue weighted by Crippen LogP contribution is -2.41. The zero-order chi connectivity index (χ0) is 23.0. The SMILES string of the molecule is CC(NC(=O)c1c2n(c(=O)n1C)CCN(C(=O)c1ccc(Br)c(Cl)c1)C2)c1ccccc1. The van der Waals surface area contributed by atoms with Gasteiger partial charge in [0, 0.05) is 30.2 Å². The highest BCUT2D eigenvalue weighted by molar-refractivity contribution is 9.10. The van der Waals surface area contributed by atoms with Gasteiger partial charge in [-0.05, 0) is 46.6 Å². The second kappa shape index (κ2) is 8.96. The van der Waals surface area contributed by atoms with Crippen LogP contribution in [0.2, 0.25) is 5.02 Å². The fourth-order valence-electron chi connectivity index (χ4n) is 3.94. The number of hydrogen-bond acceptors (Lipinski definition) is 3. The maximum absolute atomic E-state index is 13.2. The molecule has 0 spiro atoms. The van der Waals surface area contributed by atoms with Crippen molar-refractivity contribution in [2.45, 2.75) is 26.1 Å². The van der Waals surface area contributed by atoms with E-state index in [9.17, 15) is 14.4 Å². The Morgan fingerprint density at radius 3 is 2.53 bits per heavy atom. The number of nitrogens with one attached hydrogen (secondary N) is 1. The van der Waals surface area contributed by atoms with Crippen LogP contribution < -0.4 is 11.0 Å². The second-order valence-electron chi connectivity index (χ2n) is 7.75. The van der Waals surface area contributed by atoms with Crippen LogP contribution in [0.5, 0.6) is 0 Å². The molecule has 7 nitrogen and oxygen atoms in total. The minimum Gasteiger partial charge on any atom is -0.344 e. The molecule has 0 aliphatic carbocycles. The lowest BCUT2D eigenvalue weighted by atomic mass is 10.1. The highest BCUT2D eigenvalue weighted by Gasteiger charge is 2.31. The molecule has 2 heterocycles. The molecular weight excluding hydrogens is 496 g/mol. The van der Waals surface area contributed by atoms with Crippen LogP contribution in [-0.4, -0.2) is 32.4 Å². The van der Waals surface area contributed by atoms with Gasteiger partial charge in [-0.2, -0.15) is 0 Å². The van der Waals surface area contributed by atoms with E-state index in [1.807, 2.05) is 37.3 Å². The number of nitrogens with zero attached hydrogens (tertiary/aromatic N) is 3. The van der Waals surface area contributed by atoms with Crippen molar-refractivity contribution in [2.75, 3.05) is 6.54 Å². The zero-order valence-electron chi connectivity index (χ0n) is 17.6. The van der Waals surface area contributed by atoms with E-state index >= 15 is 0 Å². The van der Waals surface area contributed by atoms with Gasteiger partial charge in [0.15, 0.2) is 0 Å². The van der Waals surface area contributed by atoms with Crippen molar-refractivity contribution in [3.63, 3.8) is 0 Å². The molecule has 32 heavy (non-hydrogen) atoms. The Labute approximate surface area is 198 Å². The molecule has 9 heteroatoms. The summed E-state index contributed by atoms with van der Waals surface area (Å²) in [5.74, 6) is -0.554. The molecule has 166 valence electrons. The Hall–Kier alpha value is -2.84. The fourth-order valence-corrected chi connectivity index (χ4v) is 4.37. The summed E-state index contributed by atoms with van der Waals surface area (Å²) in [6.07, 6.45) is 0.